The molecule has 1 unspecified atom stereocenters. The molecule has 0 saturated carbocycles. The van der Waals surface area contributed by atoms with E-state index in [4.69, 9.17) is 16.3 Å². The fraction of sp³-hybridized carbons (Fsp3) is 0.211. The number of benzene rings is 1. The predicted molar refractivity (Wildman–Crippen MR) is 98.2 cm³/mol. The van der Waals surface area contributed by atoms with Gasteiger partial charge in [-0.25, -0.2) is 8.78 Å². The van der Waals surface area contributed by atoms with Crippen molar-refractivity contribution in [2.45, 2.75) is 12.6 Å². The highest BCUT2D eigenvalue weighted by molar-refractivity contribution is 6.30. The fourth-order valence-electron chi connectivity index (χ4n) is 3.42. The van der Waals surface area contributed by atoms with Crippen LogP contribution in [0.5, 0.6) is 0 Å². The Balaban J connectivity index is 1.86. The molecule has 0 radical (unpaired) electrons. The molecule has 0 bridgehead atoms. The minimum absolute atomic E-state index is 0.00909. The van der Waals surface area contributed by atoms with Gasteiger partial charge in [0.05, 0.1) is 35.2 Å². The number of ether oxygens (including phenoxy) is 1. The minimum atomic E-state index is -1.11. The fourth-order valence-corrected chi connectivity index (χ4v) is 3.60. The zero-order valence-electron chi connectivity index (χ0n) is 14.6. The highest BCUT2D eigenvalue weighted by atomic mass is 35.5. The van der Waals surface area contributed by atoms with Crippen LogP contribution in [0.2, 0.25) is 5.02 Å². The van der Waals surface area contributed by atoms with E-state index in [-0.39, 0.29) is 35.5 Å². The molecule has 3 heterocycles. The van der Waals surface area contributed by atoms with Crippen LogP contribution in [0.25, 0.3) is 10.8 Å². The first-order valence-corrected chi connectivity index (χ1v) is 8.74. The first-order valence-electron chi connectivity index (χ1n) is 8.36. The van der Waals surface area contributed by atoms with Crippen LogP contribution in [-0.4, -0.2) is 34.4 Å². The highest BCUT2D eigenvalue weighted by Gasteiger charge is 2.31. The summed E-state index contributed by atoms with van der Waals surface area (Å²) in [6, 6.07) is 2.70. The van der Waals surface area contributed by atoms with Crippen LogP contribution in [0.1, 0.15) is 27.7 Å². The maximum atomic E-state index is 13.9. The van der Waals surface area contributed by atoms with Gasteiger partial charge in [-0.1, -0.05) is 11.6 Å². The lowest BCUT2D eigenvalue weighted by Gasteiger charge is -2.33. The Morgan fingerprint density at radius 1 is 1.25 bits per heavy atom. The number of H-pyrrole nitrogens is 1. The molecule has 144 valence electrons. The van der Waals surface area contributed by atoms with Gasteiger partial charge in [-0.2, -0.15) is 0 Å². The number of carbonyl (C=O) groups excluding carboxylic acids is 1. The smallest absolute Gasteiger partial charge is 0.256 e. The molecule has 1 aliphatic rings. The summed E-state index contributed by atoms with van der Waals surface area (Å²) in [6.45, 7) is 0.222. The number of rotatable bonds is 2. The first kappa shape index (κ1) is 18.5. The molecule has 0 saturated heterocycles. The quantitative estimate of drug-likeness (QED) is 0.710. The third-order valence-corrected chi connectivity index (χ3v) is 4.99. The maximum absolute atomic E-state index is 13.9. The van der Waals surface area contributed by atoms with E-state index in [1.54, 1.807) is 7.05 Å². The van der Waals surface area contributed by atoms with Gasteiger partial charge in [0.2, 0.25) is 0 Å². The molecule has 1 aromatic carbocycles. The maximum Gasteiger partial charge on any atom is 0.256 e. The second-order valence-corrected chi connectivity index (χ2v) is 6.93. The summed E-state index contributed by atoms with van der Waals surface area (Å²) in [5.74, 6) is -2.56. The SMILES string of the molecule is CN(C(=O)c1cncc(Cl)c1)C1COCc2[nH]c(=O)c3cc(F)c(F)cc3c21. The number of nitrogens with zero attached hydrogens (tertiary/aromatic N) is 2. The van der Waals surface area contributed by atoms with Crippen LogP contribution in [-0.2, 0) is 11.3 Å². The lowest BCUT2D eigenvalue weighted by molar-refractivity contribution is 0.0335. The lowest BCUT2D eigenvalue weighted by Crippen LogP contribution is -2.37. The van der Waals surface area contributed by atoms with Crippen molar-refractivity contribution in [1.29, 1.82) is 0 Å². The molecular weight excluding hydrogens is 392 g/mol. The third-order valence-electron chi connectivity index (χ3n) is 4.78. The summed E-state index contributed by atoms with van der Waals surface area (Å²) in [5.41, 5.74) is 0.659. The molecule has 9 heteroatoms. The molecule has 0 spiro atoms. The Labute approximate surface area is 162 Å². The molecule has 1 aliphatic heterocycles. The molecule has 0 fully saturated rings. The monoisotopic (exact) mass is 405 g/mol. The number of likely N-dealkylation sites (N-methyl/N-ethyl adjacent to an activating group) is 1. The average molecular weight is 406 g/mol. The van der Waals surface area contributed by atoms with Crippen molar-refractivity contribution in [3.63, 3.8) is 0 Å². The average Bonchev–Trinajstić information content (AvgIpc) is 2.68. The van der Waals surface area contributed by atoms with Gasteiger partial charge in [-0.3, -0.25) is 14.6 Å². The third kappa shape index (κ3) is 3.04. The number of carbonyl (C=O) groups is 1. The number of aromatic amines is 1. The van der Waals surface area contributed by atoms with Crippen LogP contribution in [0.4, 0.5) is 8.78 Å². The van der Waals surface area contributed by atoms with Crippen LogP contribution < -0.4 is 5.56 Å². The molecule has 2 aromatic heterocycles. The van der Waals surface area contributed by atoms with Crippen molar-refractivity contribution < 1.29 is 18.3 Å². The van der Waals surface area contributed by atoms with E-state index in [2.05, 4.69) is 9.97 Å². The first-order chi connectivity index (χ1) is 13.4. The van der Waals surface area contributed by atoms with E-state index >= 15 is 0 Å². The standard InChI is InChI=1S/C19H14ClF2N3O3/c1-25(19(27)9-2-10(20)6-23-5-9)16-8-28-7-15-17(16)11-3-13(21)14(22)4-12(11)18(26)24-15/h2-6,16H,7-8H2,1H3,(H,24,26). The van der Waals surface area contributed by atoms with Gasteiger partial charge in [0.1, 0.15) is 0 Å². The topological polar surface area (TPSA) is 75.3 Å². The van der Waals surface area contributed by atoms with Crippen LogP contribution >= 0.6 is 11.6 Å². The molecule has 3 aromatic rings. The number of fused-ring (bicyclic) bond motifs is 3. The van der Waals surface area contributed by atoms with E-state index in [0.717, 1.165) is 12.1 Å². The molecule has 1 amide bonds. The van der Waals surface area contributed by atoms with Crippen molar-refractivity contribution in [3.05, 3.63) is 74.4 Å². The molecule has 1 N–H and O–H groups in total. The van der Waals surface area contributed by atoms with Gasteiger partial charge in [0.15, 0.2) is 11.6 Å². The molecule has 6 nitrogen and oxygen atoms in total. The predicted octanol–water partition coefficient (Wildman–Crippen LogP) is 3.20. The summed E-state index contributed by atoms with van der Waals surface area (Å²) < 4.78 is 33.1. The Morgan fingerprint density at radius 2 is 1.96 bits per heavy atom. The molecule has 28 heavy (non-hydrogen) atoms. The van der Waals surface area contributed by atoms with Gasteiger partial charge in [-0.05, 0) is 23.6 Å². The van der Waals surface area contributed by atoms with Crippen molar-refractivity contribution in [2.75, 3.05) is 13.7 Å². The number of pyridine rings is 2. The highest BCUT2D eigenvalue weighted by Crippen LogP contribution is 2.34. The Bertz CT molecular complexity index is 1170. The van der Waals surface area contributed by atoms with E-state index in [1.165, 1.54) is 23.4 Å². The largest absolute Gasteiger partial charge is 0.373 e. The minimum Gasteiger partial charge on any atom is -0.373 e. The zero-order valence-corrected chi connectivity index (χ0v) is 15.4. The number of nitrogens with one attached hydrogen (secondary N) is 1. The molecular formula is C19H14ClF2N3O3. The van der Waals surface area contributed by atoms with Crippen LogP contribution in [0.3, 0.4) is 0 Å². The van der Waals surface area contributed by atoms with Gasteiger partial charge in [-0.15, -0.1) is 0 Å². The van der Waals surface area contributed by atoms with Crippen molar-refractivity contribution in [1.82, 2.24) is 14.9 Å². The Kier molecular flexibility index (Phi) is 4.60. The molecule has 4 rings (SSSR count). The Hall–Kier alpha value is -2.84. The van der Waals surface area contributed by atoms with Crippen molar-refractivity contribution in [2.24, 2.45) is 0 Å². The van der Waals surface area contributed by atoms with E-state index in [0.29, 0.717) is 16.3 Å². The van der Waals surface area contributed by atoms with Gasteiger partial charge in [0, 0.05) is 30.7 Å². The van der Waals surface area contributed by atoms with Gasteiger partial charge >= 0.3 is 0 Å². The van der Waals surface area contributed by atoms with Gasteiger partial charge in [0.25, 0.3) is 11.5 Å². The van der Waals surface area contributed by atoms with E-state index < -0.39 is 23.2 Å². The van der Waals surface area contributed by atoms with Crippen molar-refractivity contribution >= 4 is 28.3 Å². The van der Waals surface area contributed by atoms with E-state index in [1.807, 2.05) is 0 Å². The zero-order chi connectivity index (χ0) is 20.0. The molecule has 1 atom stereocenters. The van der Waals surface area contributed by atoms with Crippen LogP contribution in [0, 0.1) is 11.6 Å². The molecule has 0 aliphatic carbocycles. The summed E-state index contributed by atoms with van der Waals surface area (Å²) >= 11 is 5.91. The number of aromatic nitrogens is 2. The van der Waals surface area contributed by atoms with Gasteiger partial charge < -0.3 is 14.6 Å². The van der Waals surface area contributed by atoms with E-state index in [9.17, 15) is 18.4 Å². The summed E-state index contributed by atoms with van der Waals surface area (Å²) in [4.78, 5) is 33.1. The number of hydrogen-bond acceptors (Lipinski definition) is 4. The second-order valence-electron chi connectivity index (χ2n) is 6.50. The Morgan fingerprint density at radius 3 is 2.68 bits per heavy atom. The van der Waals surface area contributed by atoms with Crippen molar-refractivity contribution in [3.8, 4) is 0 Å². The lowest BCUT2D eigenvalue weighted by atomic mass is 9.95. The number of hydrogen-bond donors (Lipinski definition) is 1. The number of amides is 1. The summed E-state index contributed by atoms with van der Waals surface area (Å²) in [6.07, 6.45) is 2.79. The summed E-state index contributed by atoms with van der Waals surface area (Å²) in [7, 11) is 1.56. The van der Waals surface area contributed by atoms with Crippen LogP contribution in [0.15, 0.2) is 35.4 Å². The second kappa shape index (κ2) is 6.96. The number of halogens is 3. The normalized spacial score (nSPS) is 16.1. The summed E-state index contributed by atoms with van der Waals surface area (Å²) in [5, 5.41) is 0.566.